The molecule has 0 aromatic carbocycles. The van der Waals surface area contributed by atoms with Crippen molar-refractivity contribution in [2.75, 3.05) is 13.7 Å². The van der Waals surface area contributed by atoms with Gasteiger partial charge in [-0.05, 0) is 63.1 Å². The normalized spacial score (nSPS) is 27.7. The number of thiophene rings is 1. The average Bonchev–Trinajstić information content (AvgIpc) is 2.90. The summed E-state index contributed by atoms with van der Waals surface area (Å²) in [5, 5.41) is 3.74. The second kappa shape index (κ2) is 7.96. The molecule has 1 atom stereocenters. The van der Waals surface area contributed by atoms with E-state index in [1.165, 1.54) is 17.7 Å². The van der Waals surface area contributed by atoms with E-state index in [4.69, 9.17) is 16.3 Å². The first-order valence-electron chi connectivity index (χ1n) is 8.12. The van der Waals surface area contributed by atoms with Crippen LogP contribution in [0.15, 0.2) is 12.1 Å². The SMILES string of the molecule is CCCNC(Cc1ccc(Cl)s1)C1(OC)CCC(C)CC1. The zero-order valence-corrected chi connectivity index (χ0v) is 15.0. The van der Waals surface area contributed by atoms with Gasteiger partial charge >= 0.3 is 0 Å². The summed E-state index contributed by atoms with van der Waals surface area (Å²) in [7, 11) is 1.89. The third-order valence-corrected chi connectivity index (χ3v) is 6.09. The van der Waals surface area contributed by atoms with Gasteiger partial charge in [-0.1, -0.05) is 25.4 Å². The van der Waals surface area contributed by atoms with Crippen LogP contribution in [-0.4, -0.2) is 25.3 Å². The minimum Gasteiger partial charge on any atom is -0.377 e. The molecule has 1 saturated carbocycles. The molecule has 21 heavy (non-hydrogen) atoms. The lowest BCUT2D eigenvalue weighted by Crippen LogP contribution is -2.55. The van der Waals surface area contributed by atoms with Crippen LogP contribution in [0.2, 0.25) is 4.34 Å². The highest BCUT2D eigenvalue weighted by Gasteiger charge is 2.41. The second-order valence-corrected chi connectivity index (χ2v) is 8.17. The zero-order valence-electron chi connectivity index (χ0n) is 13.5. The van der Waals surface area contributed by atoms with Crippen LogP contribution in [0.5, 0.6) is 0 Å². The van der Waals surface area contributed by atoms with E-state index in [1.807, 2.05) is 13.2 Å². The molecule has 2 rings (SSSR count). The molecule has 1 heterocycles. The van der Waals surface area contributed by atoms with Gasteiger partial charge in [-0.2, -0.15) is 0 Å². The van der Waals surface area contributed by atoms with Crippen LogP contribution in [0.1, 0.15) is 50.8 Å². The van der Waals surface area contributed by atoms with Crippen LogP contribution in [0.25, 0.3) is 0 Å². The van der Waals surface area contributed by atoms with Gasteiger partial charge in [0.1, 0.15) is 0 Å². The van der Waals surface area contributed by atoms with Crippen LogP contribution in [0, 0.1) is 5.92 Å². The molecule has 1 aliphatic rings. The highest BCUT2D eigenvalue weighted by molar-refractivity contribution is 7.16. The summed E-state index contributed by atoms with van der Waals surface area (Å²) in [5.41, 5.74) is -0.0157. The third-order valence-electron chi connectivity index (χ3n) is 4.84. The van der Waals surface area contributed by atoms with Crippen molar-refractivity contribution in [1.29, 1.82) is 0 Å². The molecule has 0 radical (unpaired) electrons. The fourth-order valence-corrected chi connectivity index (χ4v) is 4.50. The molecule has 1 aromatic heterocycles. The van der Waals surface area contributed by atoms with E-state index in [2.05, 4.69) is 25.2 Å². The Morgan fingerprint density at radius 3 is 2.67 bits per heavy atom. The molecule has 0 amide bonds. The topological polar surface area (TPSA) is 21.3 Å². The van der Waals surface area contributed by atoms with Crippen LogP contribution < -0.4 is 5.32 Å². The lowest BCUT2D eigenvalue weighted by molar-refractivity contribution is -0.0743. The first kappa shape index (κ1) is 17.3. The van der Waals surface area contributed by atoms with E-state index >= 15 is 0 Å². The quantitative estimate of drug-likeness (QED) is 0.767. The maximum absolute atomic E-state index is 6.09. The standard InChI is InChI=1S/C17H28ClNOS/c1-4-11-19-15(12-14-5-6-16(18)21-14)17(20-3)9-7-13(2)8-10-17/h5-6,13,15,19H,4,7-12H2,1-3H3. The van der Waals surface area contributed by atoms with Gasteiger partial charge in [0, 0.05) is 18.0 Å². The third kappa shape index (κ3) is 4.44. The fourth-order valence-electron chi connectivity index (χ4n) is 3.37. The van der Waals surface area contributed by atoms with E-state index < -0.39 is 0 Å². The summed E-state index contributed by atoms with van der Waals surface area (Å²) >= 11 is 7.78. The first-order valence-corrected chi connectivity index (χ1v) is 9.32. The Balaban J connectivity index is 2.12. The molecule has 4 heteroatoms. The molecule has 2 nitrogen and oxygen atoms in total. The maximum atomic E-state index is 6.09. The van der Waals surface area contributed by atoms with Gasteiger partial charge in [0.2, 0.25) is 0 Å². The highest BCUT2D eigenvalue weighted by Crippen LogP contribution is 2.38. The maximum Gasteiger partial charge on any atom is 0.0931 e. The molecular formula is C17H28ClNOS. The Kier molecular flexibility index (Phi) is 6.54. The van der Waals surface area contributed by atoms with Gasteiger partial charge in [0.25, 0.3) is 0 Å². The Labute approximate surface area is 138 Å². The summed E-state index contributed by atoms with van der Waals surface area (Å²) < 4.78 is 6.95. The summed E-state index contributed by atoms with van der Waals surface area (Å²) in [6, 6.07) is 4.54. The second-order valence-electron chi connectivity index (χ2n) is 6.37. The smallest absolute Gasteiger partial charge is 0.0931 e. The monoisotopic (exact) mass is 329 g/mol. The number of nitrogens with one attached hydrogen (secondary N) is 1. The number of hydrogen-bond acceptors (Lipinski definition) is 3. The number of ether oxygens (including phenoxy) is 1. The minimum atomic E-state index is -0.0157. The van der Waals surface area contributed by atoms with Crippen molar-refractivity contribution in [2.24, 2.45) is 5.92 Å². The minimum absolute atomic E-state index is 0.0157. The van der Waals surface area contributed by atoms with Crippen molar-refractivity contribution < 1.29 is 4.74 Å². The Bertz CT molecular complexity index is 426. The number of methoxy groups -OCH3 is 1. The Morgan fingerprint density at radius 2 is 2.14 bits per heavy atom. The van der Waals surface area contributed by atoms with Gasteiger partial charge in [0.15, 0.2) is 0 Å². The first-order chi connectivity index (χ1) is 10.1. The molecule has 1 fully saturated rings. The molecule has 1 unspecified atom stereocenters. The van der Waals surface area contributed by atoms with E-state index in [0.29, 0.717) is 6.04 Å². The van der Waals surface area contributed by atoms with Crippen molar-refractivity contribution >= 4 is 22.9 Å². The Morgan fingerprint density at radius 1 is 1.43 bits per heavy atom. The van der Waals surface area contributed by atoms with E-state index in [0.717, 1.165) is 42.5 Å². The fraction of sp³-hybridized carbons (Fsp3) is 0.765. The number of halogens is 1. The molecule has 1 aliphatic carbocycles. The summed E-state index contributed by atoms with van der Waals surface area (Å²) in [4.78, 5) is 1.35. The van der Waals surface area contributed by atoms with Gasteiger partial charge in [-0.25, -0.2) is 0 Å². The molecule has 1 aromatic rings. The van der Waals surface area contributed by atoms with E-state index in [9.17, 15) is 0 Å². The summed E-state index contributed by atoms with van der Waals surface area (Å²) in [6.45, 7) is 5.62. The molecule has 0 spiro atoms. The van der Waals surface area contributed by atoms with Gasteiger partial charge in [0.05, 0.1) is 9.94 Å². The van der Waals surface area contributed by atoms with Crippen LogP contribution in [-0.2, 0) is 11.2 Å². The highest BCUT2D eigenvalue weighted by atomic mass is 35.5. The van der Waals surface area contributed by atoms with Gasteiger partial charge in [-0.3, -0.25) is 0 Å². The largest absolute Gasteiger partial charge is 0.377 e. The molecule has 0 aliphatic heterocycles. The van der Waals surface area contributed by atoms with Crippen LogP contribution >= 0.6 is 22.9 Å². The van der Waals surface area contributed by atoms with Crippen molar-refractivity contribution in [2.45, 2.75) is 64.0 Å². The molecule has 0 saturated heterocycles. The molecule has 0 bridgehead atoms. The van der Waals surface area contributed by atoms with Crippen LogP contribution in [0.3, 0.4) is 0 Å². The number of hydrogen-bond donors (Lipinski definition) is 1. The summed E-state index contributed by atoms with van der Waals surface area (Å²) in [5.74, 6) is 0.830. The summed E-state index contributed by atoms with van der Waals surface area (Å²) in [6.07, 6.45) is 7.01. The molecule has 1 N–H and O–H groups in total. The Hall–Kier alpha value is -0.0900. The van der Waals surface area contributed by atoms with Gasteiger partial charge < -0.3 is 10.1 Å². The molecule has 120 valence electrons. The van der Waals surface area contributed by atoms with Gasteiger partial charge in [-0.15, -0.1) is 11.3 Å². The van der Waals surface area contributed by atoms with E-state index in [1.54, 1.807) is 11.3 Å². The molecular weight excluding hydrogens is 302 g/mol. The lowest BCUT2D eigenvalue weighted by Gasteiger charge is -2.44. The van der Waals surface area contributed by atoms with Crippen molar-refractivity contribution in [3.05, 3.63) is 21.3 Å². The average molecular weight is 330 g/mol. The van der Waals surface area contributed by atoms with Crippen LogP contribution in [0.4, 0.5) is 0 Å². The van der Waals surface area contributed by atoms with Crippen molar-refractivity contribution in [3.8, 4) is 0 Å². The van der Waals surface area contributed by atoms with Crippen molar-refractivity contribution in [1.82, 2.24) is 5.32 Å². The number of rotatable bonds is 7. The van der Waals surface area contributed by atoms with Crippen molar-refractivity contribution in [3.63, 3.8) is 0 Å². The lowest BCUT2D eigenvalue weighted by atomic mass is 9.74. The zero-order chi connectivity index (χ0) is 15.3. The predicted octanol–water partition coefficient (Wildman–Crippen LogP) is 4.91. The predicted molar refractivity (Wildman–Crippen MR) is 92.5 cm³/mol. The van der Waals surface area contributed by atoms with E-state index in [-0.39, 0.29) is 5.60 Å².